The highest BCUT2D eigenvalue weighted by atomic mass is 16.5. The van der Waals surface area contributed by atoms with E-state index < -0.39 is 17.5 Å². The van der Waals surface area contributed by atoms with Crippen molar-refractivity contribution in [2.24, 2.45) is 0 Å². The Balaban J connectivity index is 5.09. The number of aliphatic carboxylic acids is 2. The second-order valence-corrected chi connectivity index (χ2v) is 6.58. The van der Waals surface area contributed by atoms with Gasteiger partial charge in [0.2, 0.25) is 5.91 Å². The monoisotopic (exact) mass is 420 g/mol. The Morgan fingerprint density at radius 2 is 1.24 bits per heavy atom. The summed E-state index contributed by atoms with van der Waals surface area (Å²) in [4.78, 5) is 44.7. The molecule has 0 spiro atoms. The van der Waals surface area contributed by atoms with E-state index in [1.807, 2.05) is 0 Å². The highest BCUT2D eigenvalue weighted by Crippen LogP contribution is 2.11. The van der Waals surface area contributed by atoms with Gasteiger partial charge in [0.05, 0.1) is 52.5 Å². The molecule has 0 heterocycles. The van der Waals surface area contributed by atoms with Crippen molar-refractivity contribution in [3.8, 4) is 0 Å². The van der Waals surface area contributed by atoms with Crippen LogP contribution in [0.15, 0.2) is 0 Å². The van der Waals surface area contributed by atoms with E-state index in [0.29, 0.717) is 6.54 Å². The Kier molecular flexibility index (Phi) is 14.7. The molecule has 0 bridgehead atoms. The van der Waals surface area contributed by atoms with Gasteiger partial charge in [0.15, 0.2) is 0 Å². The minimum atomic E-state index is -1.15. The van der Waals surface area contributed by atoms with Crippen molar-refractivity contribution in [3.05, 3.63) is 0 Å². The quantitative estimate of drug-likeness (QED) is 0.199. The van der Waals surface area contributed by atoms with Crippen molar-refractivity contribution in [1.82, 2.24) is 10.6 Å². The zero-order valence-corrected chi connectivity index (χ0v) is 17.0. The van der Waals surface area contributed by atoms with Crippen LogP contribution in [0.4, 0.5) is 0 Å². The van der Waals surface area contributed by atoms with Crippen LogP contribution in [0.5, 0.6) is 0 Å². The minimum absolute atomic E-state index is 0.0499. The zero-order valence-electron chi connectivity index (χ0n) is 17.0. The third-order valence-corrected chi connectivity index (χ3v) is 3.66. The molecule has 0 saturated carbocycles. The second-order valence-electron chi connectivity index (χ2n) is 6.58. The Hall–Kier alpha value is -2.08. The maximum atomic E-state index is 12.3. The number of rotatable bonds is 19. The summed E-state index contributed by atoms with van der Waals surface area (Å²) in [5.74, 6) is -2.41. The number of Topliss-reactive ketones (excluding diaryl/α,β-unsaturated/α-hetero) is 1. The van der Waals surface area contributed by atoms with Gasteiger partial charge in [0, 0.05) is 19.4 Å². The Morgan fingerprint density at radius 3 is 1.62 bits per heavy atom. The van der Waals surface area contributed by atoms with Crippen LogP contribution in [0.2, 0.25) is 0 Å². The summed E-state index contributed by atoms with van der Waals surface area (Å²) in [7, 11) is 1.70. The van der Waals surface area contributed by atoms with Crippen molar-refractivity contribution in [2.75, 3.05) is 53.2 Å². The standard InChI is InChI=1S/C18H32N2O9/c1-14(21)4-8-27-11-18(12-28-9-5-16(23)24,13-29-10-6-17(25)26)20-15(22)3-7-19-2/h19H,3-13H2,1-2H3,(H,20,22)(H,23,24)(H,25,26). The van der Waals surface area contributed by atoms with Gasteiger partial charge in [-0.1, -0.05) is 0 Å². The normalized spacial score (nSPS) is 11.2. The van der Waals surface area contributed by atoms with Crippen molar-refractivity contribution in [3.63, 3.8) is 0 Å². The molecular weight excluding hydrogens is 388 g/mol. The summed E-state index contributed by atoms with van der Waals surface area (Å²) in [5.41, 5.74) is -1.15. The van der Waals surface area contributed by atoms with Crippen LogP contribution in [0.3, 0.4) is 0 Å². The van der Waals surface area contributed by atoms with E-state index in [-0.39, 0.29) is 77.0 Å². The average molecular weight is 420 g/mol. The third-order valence-electron chi connectivity index (χ3n) is 3.66. The van der Waals surface area contributed by atoms with Gasteiger partial charge in [-0.05, 0) is 14.0 Å². The van der Waals surface area contributed by atoms with Crippen molar-refractivity contribution in [2.45, 2.75) is 38.1 Å². The molecule has 0 aromatic heterocycles. The van der Waals surface area contributed by atoms with E-state index >= 15 is 0 Å². The van der Waals surface area contributed by atoms with Crippen LogP contribution >= 0.6 is 0 Å². The lowest BCUT2D eigenvalue weighted by atomic mass is 10.0. The van der Waals surface area contributed by atoms with Crippen LogP contribution in [0.1, 0.15) is 32.6 Å². The molecule has 0 aliphatic carbocycles. The first-order valence-corrected chi connectivity index (χ1v) is 9.32. The molecule has 0 rings (SSSR count). The van der Waals surface area contributed by atoms with E-state index in [4.69, 9.17) is 24.4 Å². The molecule has 0 fully saturated rings. The highest BCUT2D eigenvalue weighted by molar-refractivity contribution is 5.77. The number of hydrogen-bond acceptors (Lipinski definition) is 8. The Labute approximate surface area is 170 Å². The Bertz CT molecular complexity index is 470. The van der Waals surface area contributed by atoms with E-state index in [9.17, 15) is 19.2 Å². The van der Waals surface area contributed by atoms with Gasteiger partial charge in [-0.15, -0.1) is 0 Å². The summed E-state index contributed by atoms with van der Waals surface area (Å²) >= 11 is 0. The number of nitrogens with one attached hydrogen (secondary N) is 2. The first kappa shape index (κ1) is 26.9. The first-order chi connectivity index (χ1) is 13.7. The van der Waals surface area contributed by atoms with Crippen molar-refractivity contribution >= 4 is 23.6 Å². The maximum absolute atomic E-state index is 12.3. The number of ether oxygens (including phenoxy) is 3. The molecule has 4 N–H and O–H groups in total. The lowest BCUT2D eigenvalue weighted by Crippen LogP contribution is -2.59. The summed E-state index contributed by atoms with van der Waals surface area (Å²) in [6.45, 7) is 1.60. The predicted molar refractivity (Wildman–Crippen MR) is 102 cm³/mol. The topological polar surface area (TPSA) is 160 Å². The summed E-state index contributed by atoms with van der Waals surface area (Å²) in [5, 5.41) is 23.1. The maximum Gasteiger partial charge on any atom is 0.305 e. The second kappa shape index (κ2) is 15.8. The van der Waals surface area contributed by atoms with E-state index in [0.717, 1.165) is 0 Å². The molecule has 0 aliphatic heterocycles. The number of ketones is 1. The molecule has 0 atom stereocenters. The van der Waals surface area contributed by atoms with Gasteiger partial charge in [-0.25, -0.2) is 0 Å². The lowest BCUT2D eigenvalue weighted by molar-refractivity contribution is -0.139. The highest BCUT2D eigenvalue weighted by Gasteiger charge is 2.33. The largest absolute Gasteiger partial charge is 0.481 e. The van der Waals surface area contributed by atoms with Crippen molar-refractivity contribution in [1.29, 1.82) is 0 Å². The fourth-order valence-electron chi connectivity index (χ4n) is 2.17. The van der Waals surface area contributed by atoms with Gasteiger partial charge in [-0.3, -0.25) is 19.2 Å². The molecule has 0 saturated heterocycles. The number of carbonyl (C=O) groups is 4. The number of carbonyl (C=O) groups excluding carboxylic acids is 2. The van der Waals surface area contributed by atoms with E-state index in [1.54, 1.807) is 7.05 Å². The summed E-state index contributed by atoms with van der Waals surface area (Å²) in [6, 6.07) is 0. The Morgan fingerprint density at radius 1 is 0.793 bits per heavy atom. The van der Waals surface area contributed by atoms with Gasteiger partial charge in [-0.2, -0.15) is 0 Å². The van der Waals surface area contributed by atoms with Gasteiger partial charge >= 0.3 is 11.9 Å². The molecule has 0 radical (unpaired) electrons. The zero-order chi connectivity index (χ0) is 22.1. The number of carboxylic acid groups (broad SMARTS) is 2. The van der Waals surface area contributed by atoms with Crippen LogP contribution in [-0.2, 0) is 33.4 Å². The fraction of sp³-hybridized carbons (Fsp3) is 0.778. The fourth-order valence-corrected chi connectivity index (χ4v) is 2.17. The molecular formula is C18H32N2O9. The molecule has 168 valence electrons. The molecule has 0 unspecified atom stereocenters. The number of amides is 1. The predicted octanol–water partition coefficient (Wildman–Crippen LogP) is -0.571. The van der Waals surface area contributed by atoms with E-state index in [2.05, 4.69) is 10.6 Å². The molecule has 0 aromatic carbocycles. The summed E-state index contributed by atoms with van der Waals surface area (Å²) < 4.78 is 16.4. The third kappa shape index (κ3) is 15.5. The molecule has 11 heteroatoms. The van der Waals surface area contributed by atoms with E-state index in [1.165, 1.54) is 6.92 Å². The SMILES string of the molecule is CNCCC(=O)NC(COCCC(C)=O)(COCCC(=O)O)COCCC(=O)O. The van der Waals surface area contributed by atoms with Gasteiger partial charge < -0.3 is 35.1 Å². The molecule has 1 amide bonds. The van der Waals surface area contributed by atoms with Crippen LogP contribution < -0.4 is 10.6 Å². The molecule has 0 aromatic rings. The summed E-state index contributed by atoms with van der Waals surface area (Å²) in [6.07, 6.45) is -0.0524. The molecule has 29 heavy (non-hydrogen) atoms. The van der Waals surface area contributed by atoms with Crippen LogP contribution in [0, 0.1) is 0 Å². The smallest absolute Gasteiger partial charge is 0.305 e. The molecule has 11 nitrogen and oxygen atoms in total. The lowest BCUT2D eigenvalue weighted by Gasteiger charge is -2.34. The van der Waals surface area contributed by atoms with Crippen LogP contribution in [0.25, 0.3) is 0 Å². The number of carboxylic acids is 2. The van der Waals surface area contributed by atoms with Crippen molar-refractivity contribution < 1.29 is 43.6 Å². The van der Waals surface area contributed by atoms with Crippen LogP contribution in [-0.4, -0.2) is 92.6 Å². The first-order valence-electron chi connectivity index (χ1n) is 9.32. The van der Waals surface area contributed by atoms with Gasteiger partial charge in [0.1, 0.15) is 11.3 Å². The average Bonchev–Trinajstić information content (AvgIpc) is 2.64. The molecule has 0 aliphatic rings. The minimum Gasteiger partial charge on any atom is -0.481 e. The number of hydrogen-bond donors (Lipinski definition) is 4. The van der Waals surface area contributed by atoms with Gasteiger partial charge in [0.25, 0.3) is 0 Å².